The maximum atomic E-state index is 12.9. The molecule has 3 rings (SSSR count). The number of nitrogens with zero attached hydrogens (tertiary/aromatic N) is 4. The Morgan fingerprint density at radius 3 is 2.41 bits per heavy atom. The van der Waals surface area contributed by atoms with Gasteiger partial charge < -0.3 is 15.0 Å². The number of anilines is 3. The number of aromatic nitrogens is 2. The topological polar surface area (TPSA) is 79.7 Å². The van der Waals surface area contributed by atoms with Crippen LogP contribution in [0.25, 0.3) is 0 Å². The number of hydrogen-bond donors (Lipinski definition) is 1. The van der Waals surface area contributed by atoms with Gasteiger partial charge in [-0.2, -0.15) is 5.10 Å². The minimum Gasteiger partial charge on any atom is -0.447 e. The largest absolute Gasteiger partial charge is 0.447 e. The Kier molecular flexibility index (Phi) is 7.83. The number of halogens is 1. The van der Waals surface area contributed by atoms with Gasteiger partial charge in [0.15, 0.2) is 0 Å². The lowest BCUT2D eigenvalue weighted by Gasteiger charge is -2.34. The molecule has 0 spiro atoms. The van der Waals surface area contributed by atoms with Crippen molar-refractivity contribution in [3.63, 3.8) is 0 Å². The lowest BCUT2D eigenvalue weighted by Crippen LogP contribution is -2.46. The molecule has 34 heavy (non-hydrogen) atoms. The van der Waals surface area contributed by atoms with Crippen LogP contribution in [-0.2, 0) is 11.3 Å². The van der Waals surface area contributed by atoms with Crippen molar-refractivity contribution in [2.24, 2.45) is 0 Å². The van der Waals surface area contributed by atoms with Crippen molar-refractivity contribution in [2.75, 3.05) is 35.8 Å². The molecule has 1 heterocycles. The fraction of sp³-hybridized carbons (Fsp3) is 0.320. The minimum absolute atomic E-state index is 0.205. The Balaban J connectivity index is 1.71. The number of carbonyl (C=O) groups excluding carboxylic acids is 2. The van der Waals surface area contributed by atoms with Crippen LogP contribution in [0, 0.1) is 0 Å². The molecule has 0 atom stereocenters. The van der Waals surface area contributed by atoms with E-state index in [1.54, 1.807) is 58.2 Å². The van der Waals surface area contributed by atoms with Crippen LogP contribution in [0.1, 0.15) is 31.1 Å². The van der Waals surface area contributed by atoms with Crippen molar-refractivity contribution < 1.29 is 14.3 Å². The van der Waals surface area contributed by atoms with Crippen LogP contribution in [0.15, 0.2) is 60.9 Å². The molecular formula is C25H30ClN5O3. The molecule has 2 amide bonds. The lowest BCUT2D eigenvalue weighted by atomic mass is 10.1. The summed E-state index contributed by atoms with van der Waals surface area (Å²) < 4.78 is 7.20. The monoisotopic (exact) mass is 483 g/mol. The summed E-state index contributed by atoms with van der Waals surface area (Å²) in [5, 5.41) is 7.57. The molecule has 3 aromatic rings. The highest BCUT2D eigenvalue weighted by atomic mass is 35.5. The molecule has 0 aliphatic heterocycles. The van der Waals surface area contributed by atoms with E-state index in [-0.39, 0.29) is 12.5 Å². The highest BCUT2D eigenvalue weighted by molar-refractivity contribution is 6.31. The SMILES string of the molecule is CN(C)c1cc(Cl)ccc1C(=O)Nc1ccc(N(C(=O)OCCn2cccn2)C(C)(C)C)cc1. The second-order valence-corrected chi connectivity index (χ2v) is 9.38. The summed E-state index contributed by atoms with van der Waals surface area (Å²) in [4.78, 5) is 29.2. The average molecular weight is 484 g/mol. The fourth-order valence-electron chi connectivity index (χ4n) is 3.45. The van der Waals surface area contributed by atoms with Crippen LogP contribution in [0.5, 0.6) is 0 Å². The van der Waals surface area contributed by atoms with Crippen molar-refractivity contribution in [2.45, 2.75) is 32.9 Å². The zero-order chi connectivity index (χ0) is 24.9. The lowest BCUT2D eigenvalue weighted by molar-refractivity contribution is 0.102. The van der Waals surface area contributed by atoms with Gasteiger partial charge >= 0.3 is 6.09 Å². The molecule has 9 heteroatoms. The summed E-state index contributed by atoms with van der Waals surface area (Å²) >= 11 is 6.09. The standard InChI is InChI=1S/C25H30ClN5O3/c1-25(2,3)31(24(33)34-16-15-30-14-6-13-27-30)20-10-8-19(9-11-20)28-23(32)21-12-7-18(26)17-22(21)29(4)5/h6-14,17H,15-16H2,1-5H3,(H,28,32). The second kappa shape index (κ2) is 10.6. The first-order chi connectivity index (χ1) is 16.1. The summed E-state index contributed by atoms with van der Waals surface area (Å²) in [7, 11) is 3.71. The van der Waals surface area contributed by atoms with Crippen LogP contribution < -0.4 is 15.1 Å². The van der Waals surface area contributed by atoms with Gasteiger partial charge in [-0.05, 0) is 69.3 Å². The van der Waals surface area contributed by atoms with Crippen LogP contribution in [0.2, 0.25) is 5.02 Å². The van der Waals surface area contributed by atoms with Gasteiger partial charge in [0.25, 0.3) is 5.91 Å². The number of benzene rings is 2. The maximum absolute atomic E-state index is 12.9. The van der Waals surface area contributed by atoms with Crippen molar-refractivity contribution in [3.05, 3.63) is 71.5 Å². The maximum Gasteiger partial charge on any atom is 0.414 e. The van der Waals surface area contributed by atoms with E-state index >= 15 is 0 Å². The molecule has 0 saturated heterocycles. The Bertz CT molecular complexity index is 1120. The van der Waals surface area contributed by atoms with E-state index in [0.29, 0.717) is 28.5 Å². The molecule has 0 unspecified atom stereocenters. The van der Waals surface area contributed by atoms with Gasteiger partial charge in [-0.1, -0.05) is 11.6 Å². The first-order valence-corrected chi connectivity index (χ1v) is 11.3. The highest BCUT2D eigenvalue weighted by Gasteiger charge is 2.29. The molecule has 0 radical (unpaired) electrons. The van der Waals surface area contributed by atoms with Gasteiger partial charge in [-0.15, -0.1) is 0 Å². The summed E-state index contributed by atoms with van der Waals surface area (Å²) in [6, 6.07) is 14.0. The summed E-state index contributed by atoms with van der Waals surface area (Å²) in [6.45, 7) is 6.47. The molecule has 0 saturated carbocycles. The molecular weight excluding hydrogens is 454 g/mol. The van der Waals surface area contributed by atoms with E-state index in [4.69, 9.17) is 16.3 Å². The van der Waals surface area contributed by atoms with E-state index in [2.05, 4.69) is 10.4 Å². The van der Waals surface area contributed by atoms with E-state index in [9.17, 15) is 9.59 Å². The Morgan fingerprint density at radius 1 is 1.12 bits per heavy atom. The number of hydrogen-bond acceptors (Lipinski definition) is 5. The zero-order valence-electron chi connectivity index (χ0n) is 20.1. The summed E-state index contributed by atoms with van der Waals surface area (Å²) in [6.07, 6.45) is 3.04. The van der Waals surface area contributed by atoms with E-state index in [0.717, 1.165) is 5.69 Å². The zero-order valence-corrected chi connectivity index (χ0v) is 20.8. The van der Waals surface area contributed by atoms with Gasteiger partial charge in [0, 0.05) is 48.4 Å². The molecule has 0 bridgehead atoms. The van der Waals surface area contributed by atoms with Gasteiger partial charge in [0.2, 0.25) is 0 Å². The summed E-state index contributed by atoms with van der Waals surface area (Å²) in [5.74, 6) is -0.251. The van der Waals surface area contributed by atoms with Crippen LogP contribution in [-0.4, -0.2) is 48.0 Å². The smallest absolute Gasteiger partial charge is 0.414 e. The third kappa shape index (κ3) is 6.29. The van der Waals surface area contributed by atoms with Crippen molar-refractivity contribution in [3.8, 4) is 0 Å². The Hall–Kier alpha value is -3.52. The quantitative estimate of drug-likeness (QED) is 0.493. The molecule has 2 aromatic carbocycles. The van der Waals surface area contributed by atoms with Crippen LogP contribution in [0.3, 0.4) is 0 Å². The molecule has 8 nitrogen and oxygen atoms in total. The number of ether oxygens (including phenoxy) is 1. The van der Waals surface area contributed by atoms with E-state index < -0.39 is 11.6 Å². The van der Waals surface area contributed by atoms with Crippen molar-refractivity contribution >= 4 is 40.7 Å². The number of rotatable bonds is 7. The molecule has 1 N–H and O–H groups in total. The third-order valence-corrected chi connectivity index (χ3v) is 5.26. The number of nitrogens with one attached hydrogen (secondary N) is 1. The normalized spacial score (nSPS) is 11.1. The fourth-order valence-corrected chi connectivity index (χ4v) is 3.62. The number of carbonyl (C=O) groups is 2. The van der Waals surface area contributed by atoms with Crippen LogP contribution >= 0.6 is 11.6 Å². The predicted molar refractivity (Wildman–Crippen MR) is 136 cm³/mol. The van der Waals surface area contributed by atoms with Gasteiger partial charge in [-0.25, -0.2) is 4.79 Å². The van der Waals surface area contributed by atoms with Gasteiger partial charge in [0.05, 0.1) is 17.8 Å². The first-order valence-electron chi connectivity index (χ1n) is 10.9. The Labute approximate surface area is 205 Å². The van der Waals surface area contributed by atoms with Crippen molar-refractivity contribution in [1.29, 1.82) is 0 Å². The minimum atomic E-state index is -0.516. The third-order valence-electron chi connectivity index (χ3n) is 5.03. The summed E-state index contributed by atoms with van der Waals surface area (Å²) in [5.41, 5.74) is 1.98. The van der Waals surface area contributed by atoms with Crippen molar-refractivity contribution in [1.82, 2.24) is 9.78 Å². The average Bonchev–Trinajstić information content (AvgIpc) is 3.27. The second-order valence-electron chi connectivity index (χ2n) is 8.95. The van der Waals surface area contributed by atoms with E-state index in [1.165, 1.54) is 0 Å². The molecule has 1 aromatic heterocycles. The van der Waals surface area contributed by atoms with Crippen LogP contribution in [0.4, 0.5) is 21.9 Å². The highest BCUT2D eigenvalue weighted by Crippen LogP contribution is 2.28. The van der Waals surface area contributed by atoms with Gasteiger partial charge in [-0.3, -0.25) is 14.4 Å². The molecule has 180 valence electrons. The van der Waals surface area contributed by atoms with Gasteiger partial charge in [0.1, 0.15) is 6.61 Å². The number of amides is 2. The predicted octanol–water partition coefficient (Wildman–Crippen LogP) is 5.30. The molecule has 0 fully saturated rings. The first kappa shape index (κ1) is 25.1. The van der Waals surface area contributed by atoms with E-state index in [1.807, 2.05) is 52.0 Å². The molecule has 0 aliphatic rings. The molecule has 0 aliphatic carbocycles. The Morgan fingerprint density at radius 2 is 1.82 bits per heavy atom.